The zero-order valence-electron chi connectivity index (χ0n) is 10.4. The molecule has 2 rings (SSSR count). The molecule has 1 nitrogen and oxygen atoms in total. The van der Waals surface area contributed by atoms with E-state index in [2.05, 4.69) is 0 Å². The van der Waals surface area contributed by atoms with E-state index in [9.17, 15) is 9.18 Å². The van der Waals surface area contributed by atoms with Crippen LogP contribution in [0.4, 0.5) is 4.39 Å². The van der Waals surface area contributed by atoms with Crippen molar-refractivity contribution in [3.8, 4) is 0 Å². The third kappa shape index (κ3) is 4.51. The van der Waals surface area contributed by atoms with Crippen LogP contribution in [0.15, 0.2) is 47.4 Å². The molecule has 0 saturated carbocycles. The number of carbonyl (C=O) groups excluding carboxylic acids is 1. The van der Waals surface area contributed by atoms with Crippen LogP contribution in [-0.4, -0.2) is 11.5 Å². The van der Waals surface area contributed by atoms with Gasteiger partial charge in [-0.1, -0.05) is 35.3 Å². The van der Waals surface area contributed by atoms with Crippen LogP contribution in [0.25, 0.3) is 0 Å². The van der Waals surface area contributed by atoms with Gasteiger partial charge in [-0.05, 0) is 35.9 Å². The molecule has 0 N–H and O–H groups in total. The largest absolute Gasteiger partial charge is 0.298 e. The van der Waals surface area contributed by atoms with Crippen molar-refractivity contribution in [1.29, 1.82) is 0 Å². The summed E-state index contributed by atoms with van der Waals surface area (Å²) in [5.41, 5.74) is 0.751. The van der Waals surface area contributed by atoms with Crippen molar-refractivity contribution in [2.45, 2.75) is 11.3 Å². The quantitative estimate of drug-likeness (QED) is 0.715. The van der Waals surface area contributed by atoms with E-state index in [4.69, 9.17) is 23.2 Å². The fourth-order valence-corrected chi connectivity index (χ4v) is 2.92. The molecule has 0 aliphatic rings. The maximum absolute atomic E-state index is 13.0. The van der Waals surface area contributed by atoms with Crippen LogP contribution in [0.1, 0.15) is 5.56 Å². The highest BCUT2D eigenvalue weighted by Gasteiger charge is 2.08. The van der Waals surface area contributed by atoms with E-state index in [1.807, 2.05) is 0 Å². The van der Waals surface area contributed by atoms with E-state index < -0.39 is 0 Å². The molecule has 0 atom stereocenters. The van der Waals surface area contributed by atoms with Crippen molar-refractivity contribution in [3.63, 3.8) is 0 Å². The summed E-state index contributed by atoms with van der Waals surface area (Å²) in [5, 5.41) is 1.03. The molecule has 2 aromatic carbocycles. The number of Topliss-reactive ketones (excluding diaryl/α,β-unsaturated/α-hetero) is 1. The molecular formula is C15H11Cl2FOS. The summed E-state index contributed by atoms with van der Waals surface area (Å²) < 4.78 is 13.0. The minimum atomic E-state index is -0.303. The summed E-state index contributed by atoms with van der Waals surface area (Å²) in [6.45, 7) is 0. The Kier molecular flexibility index (Phi) is 5.46. The van der Waals surface area contributed by atoms with Crippen molar-refractivity contribution in [2.24, 2.45) is 0 Å². The first-order valence-corrected chi connectivity index (χ1v) is 7.63. The second-order valence-corrected chi connectivity index (χ2v) is 6.09. The molecule has 0 aromatic heterocycles. The topological polar surface area (TPSA) is 17.1 Å². The lowest BCUT2D eigenvalue weighted by atomic mass is 10.1. The van der Waals surface area contributed by atoms with Crippen molar-refractivity contribution in [3.05, 3.63) is 63.9 Å². The Labute approximate surface area is 131 Å². The van der Waals surface area contributed by atoms with Gasteiger partial charge in [0.1, 0.15) is 11.6 Å². The van der Waals surface area contributed by atoms with Crippen molar-refractivity contribution >= 4 is 40.7 Å². The number of thioether (sulfide) groups is 1. The van der Waals surface area contributed by atoms with Crippen molar-refractivity contribution in [2.75, 3.05) is 5.75 Å². The number of ketones is 1. The molecule has 0 amide bonds. The molecule has 20 heavy (non-hydrogen) atoms. The lowest BCUT2D eigenvalue weighted by molar-refractivity contribution is -0.116. The molecule has 0 saturated heterocycles. The molecule has 2 aromatic rings. The van der Waals surface area contributed by atoms with Crippen LogP contribution in [0.5, 0.6) is 0 Å². The number of benzene rings is 2. The number of hydrogen-bond donors (Lipinski definition) is 0. The molecule has 0 fully saturated rings. The van der Waals surface area contributed by atoms with E-state index in [1.54, 1.807) is 30.3 Å². The lowest BCUT2D eigenvalue weighted by Crippen LogP contribution is -2.06. The van der Waals surface area contributed by atoms with Crippen LogP contribution < -0.4 is 0 Å². The normalized spacial score (nSPS) is 10.6. The third-order valence-electron chi connectivity index (χ3n) is 2.60. The van der Waals surface area contributed by atoms with E-state index >= 15 is 0 Å². The fourth-order valence-electron chi connectivity index (χ4n) is 1.65. The van der Waals surface area contributed by atoms with E-state index in [0.717, 1.165) is 10.5 Å². The number of carbonyl (C=O) groups is 1. The smallest absolute Gasteiger partial charge is 0.147 e. The Morgan fingerprint density at radius 3 is 2.65 bits per heavy atom. The van der Waals surface area contributed by atoms with Gasteiger partial charge >= 0.3 is 0 Å². The van der Waals surface area contributed by atoms with Gasteiger partial charge in [-0.15, -0.1) is 11.8 Å². The average Bonchev–Trinajstić information content (AvgIpc) is 2.40. The highest BCUT2D eigenvalue weighted by molar-refractivity contribution is 8.00. The van der Waals surface area contributed by atoms with Gasteiger partial charge in [0.2, 0.25) is 0 Å². The summed E-state index contributed by atoms with van der Waals surface area (Å²) >= 11 is 13.1. The van der Waals surface area contributed by atoms with Gasteiger partial charge in [-0.2, -0.15) is 0 Å². The Morgan fingerprint density at radius 2 is 1.95 bits per heavy atom. The Morgan fingerprint density at radius 1 is 1.15 bits per heavy atom. The third-order valence-corrected chi connectivity index (χ3v) is 4.24. The van der Waals surface area contributed by atoms with Gasteiger partial charge < -0.3 is 0 Å². The monoisotopic (exact) mass is 328 g/mol. The fraction of sp³-hybridized carbons (Fsp3) is 0.133. The van der Waals surface area contributed by atoms with E-state index in [0.29, 0.717) is 10.0 Å². The SMILES string of the molecule is O=C(CSc1cccc(F)c1)Cc1ccc(Cl)cc1Cl. The van der Waals surface area contributed by atoms with Crippen LogP contribution in [-0.2, 0) is 11.2 Å². The number of hydrogen-bond acceptors (Lipinski definition) is 2. The number of halogens is 3. The second kappa shape index (κ2) is 7.11. The minimum absolute atomic E-state index is 0.0310. The Bertz CT molecular complexity index is 631. The first kappa shape index (κ1) is 15.4. The minimum Gasteiger partial charge on any atom is -0.298 e. The Balaban J connectivity index is 1.92. The average molecular weight is 329 g/mol. The van der Waals surface area contributed by atoms with Crippen molar-refractivity contribution in [1.82, 2.24) is 0 Å². The lowest BCUT2D eigenvalue weighted by Gasteiger charge is -2.05. The van der Waals surface area contributed by atoms with Gasteiger partial charge in [0, 0.05) is 21.4 Å². The van der Waals surface area contributed by atoms with E-state index in [-0.39, 0.29) is 23.8 Å². The van der Waals surface area contributed by atoms with Crippen LogP contribution >= 0.6 is 35.0 Å². The zero-order valence-corrected chi connectivity index (χ0v) is 12.7. The van der Waals surface area contributed by atoms with Crippen LogP contribution in [0.3, 0.4) is 0 Å². The van der Waals surface area contributed by atoms with E-state index in [1.165, 1.54) is 23.9 Å². The van der Waals surface area contributed by atoms with Gasteiger partial charge in [-0.3, -0.25) is 4.79 Å². The van der Waals surface area contributed by atoms with Gasteiger partial charge in [0.25, 0.3) is 0 Å². The van der Waals surface area contributed by atoms with Gasteiger partial charge in [-0.25, -0.2) is 4.39 Å². The molecule has 104 valence electrons. The van der Waals surface area contributed by atoms with Crippen LogP contribution in [0.2, 0.25) is 10.0 Å². The predicted molar refractivity (Wildman–Crippen MR) is 82.3 cm³/mol. The molecule has 0 aliphatic carbocycles. The molecule has 0 heterocycles. The van der Waals surface area contributed by atoms with Gasteiger partial charge in [0.15, 0.2) is 0 Å². The summed E-state index contributed by atoms with van der Waals surface area (Å²) in [6, 6.07) is 11.2. The summed E-state index contributed by atoms with van der Waals surface area (Å²) in [5.74, 6) is 0.00857. The first-order valence-electron chi connectivity index (χ1n) is 5.88. The molecule has 0 radical (unpaired) electrons. The molecule has 5 heteroatoms. The molecule has 0 spiro atoms. The molecule has 0 bridgehead atoms. The molecule has 0 unspecified atom stereocenters. The highest BCUT2D eigenvalue weighted by atomic mass is 35.5. The van der Waals surface area contributed by atoms with Crippen LogP contribution in [0, 0.1) is 5.82 Å². The van der Waals surface area contributed by atoms with Crippen molar-refractivity contribution < 1.29 is 9.18 Å². The van der Waals surface area contributed by atoms with Gasteiger partial charge in [0.05, 0.1) is 5.75 Å². The summed E-state index contributed by atoms with van der Waals surface area (Å²) in [7, 11) is 0. The highest BCUT2D eigenvalue weighted by Crippen LogP contribution is 2.23. The number of rotatable bonds is 5. The maximum Gasteiger partial charge on any atom is 0.147 e. The Hall–Kier alpha value is -1.03. The predicted octanol–water partition coefficient (Wildman–Crippen LogP) is 5.04. The zero-order chi connectivity index (χ0) is 14.5. The summed E-state index contributed by atoms with van der Waals surface area (Å²) in [6.07, 6.45) is 0.248. The first-order chi connectivity index (χ1) is 9.54. The molecular weight excluding hydrogens is 318 g/mol. The summed E-state index contributed by atoms with van der Waals surface area (Å²) in [4.78, 5) is 12.6. The molecule has 0 aliphatic heterocycles. The maximum atomic E-state index is 13.0. The standard InChI is InChI=1S/C15H11Cl2FOS/c16-11-5-4-10(15(17)7-11)6-13(19)9-20-14-3-1-2-12(18)8-14/h1-5,7-8H,6,9H2. The second-order valence-electron chi connectivity index (χ2n) is 4.20.